The number of pyridine rings is 1. The molecule has 0 saturated heterocycles. The number of carbonyl (C=O) groups is 1. The molecule has 0 aliphatic heterocycles. The van der Waals surface area contributed by atoms with Crippen LogP contribution >= 0.6 is 15.9 Å². The summed E-state index contributed by atoms with van der Waals surface area (Å²) in [6, 6.07) is 10.9. The molecular formula is C15H15BrN2O2. The molecule has 0 bridgehead atoms. The molecule has 1 aromatic carbocycles. The molecule has 4 nitrogen and oxygen atoms in total. The summed E-state index contributed by atoms with van der Waals surface area (Å²) < 4.78 is 5.28. The van der Waals surface area contributed by atoms with Gasteiger partial charge in [-0.05, 0) is 51.8 Å². The number of hydrogen-bond donors (Lipinski definition) is 0. The number of carbonyl (C=O) groups excluding carboxylic acids is 1. The summed E-state index contributed by atoms with van der Waals surface area (Å²) in [6.07, 6.45) is 3.48. The van der Waals surface area contributed by atoms with Gasteiger partial charge in [0.1, 0.15) is 11.3 Å². The highest BCUT2D eigenvalue weighted by molar-refractivity contribution is 9.09. The van der Waals surface area contributed by atoms with Crippen LogP contribution in [-0.2, 0) is 6.54 Å². The minimum absolute atomic E-state index is 0.0285. The van der Waals surface area contributed by atoms with Gasteiger partial charge in [-0.25, -0.2) is 0 Å². The van der Waals surface area contributed by atoms with E-state index in [9.17, 15) is 4.79 Å². The van der Waals surface area contributed by atoms with Crippen LogP contribution in [0.1, 0.15) is 15.9 Å². The van der Waals surface area contributed by atoms with E-state index in [0.29, 0.717) is 17.6 Å². The van der Waals surface area contributed by atoms with Gasteiger partial charge in [0.05, 0.1) is 0 Å². The topological polar surface area (TPSA) is 42.4 Å². The van der Waals surface area contributed by atoms with E-state index in [1.807, 2.05) is 12.1 Å². The van der Waals surface area contributed by atoms with Gasteiger partial charge < -0.3 is 9.64 Å². The lowest BCUT2D eigenvalue weighted by Crippen LogP contribution is -2.26. The minimum Gasteiger partial charge on any atom is -0.482 e. The van der Waals surface area contributed by atoms with Crippen molar-refractivity contribution in [2.24, 2.45) is 0 Å². The van der Waals surface area contributed by atoms with Crippen LogP contribution in [0.25, 0.3) is 0 Å². The van der Waals surface area contributed by atoms with E-state index in [4.69, 9.17) is 4.74 Å². The largest absolute Gasteiger partial charge is 0.482 e. The molecule has 0 atom stereocenters. The van der Waals surface area contributed by atoms with Gasteiger partial charge in [0.25, 0.3) is 5.91 Å². The molecule has 1 heterocycles. The molecular weight excluding hydrogens is 320 g/mol. The Morgan fingerprint density at radius 3 is 2.65 bits per heavy atom. The Bertz CT molecular complexity index is 558. The number of ether oxygens (including phenoxy) is 1. The van der Waals surface area contributed by atoms with Gasteiger partial charge in [0, 0.05) is 31.5 Å². The average molecular weight is 335 g/mol. The van der Waals surface area contributed by atoms with Crippen molar-refractivity contribution in [3.63, 3.8) is 0 Å². The molecule has 104 valence electrons. The number of rotatable bonds is 5. The highest BCUT2D eigenvalue weighted by Gasteiger charge is 2.12. The highest BCUT2D eigenvalue weighted by atomic mass is 79.9. The molecule has 0 N–H and O–H groups in total. The van der Waals surface area contributed by atoms with Crippen molar-refractivity contribution in [3.8, 4) is 5.75 Å². The molecule has 2 rings (SSSR count). The van der Waals surface area contributed by atoms with Crippen LogP contribution in [0, 0.1) is 0 Å². The molecule has 0 spiro atoms. The van der Waals surface area contributed by atoms with Gasteiger partial charge in [-0.3, -0.25) is 9.78 Å². The normalized spacial score (nSPS) is 10.1. The maximum absolute atomic E-state index is 12.3. The Labute approximate surface area is 126 Å². The standard InChI is InChI=1S/C15H15BrN2O2/c1-18(10-12-3-2-8-17-9-12)15(19)13-4-6-14(7-5-13)20-11-16/h2-9H,10-11H2,1H3. The first-order valence-electron chi connectivity index (χ1n) is 6.14. The highest BCUT2D eigenvalue weighted by Crippen LogP contribution is 2.14. The maximum atomic E-state index is 12.3. The second kappa shape index (κ2) is 7.05. The van der Waals surface area contributed by atoms with Crippen molar-refractivity contribution >= 4 is 21.8 Å². The lowest BCUT2D eigenvalue weighted by molar-refractivity contribution is 0.0785. The number of hydrogen-bond acceptors (Lipinski definition) is 3. The zero-order chi connectivity index (χ0) is 14.4. The van der Waals surface area contributed by atoms with Gasteiger partial charge in [0.2, 0.25) is 0 Å². The number of alkyl halides is 1. The lowest BCUT2D eigenvalue weighted by atomic mass is 10.2. The number of nitrogens with zero attached hydrogens (tertiary/aromatic N) is 2. The van der Waals surface area contributed by atoms with Crippen molar-refractivity contribution in [2.75, 3.05) is 12.6 Å². The molecule has 1 aromatic heterocycles. The van der Waals surface area contributed by atoms with Crippen LogP contribution in [0.3, 0.4) is 0 Å². The van der Waals surface area contributed by atoms with Crippen molar-refractivity contribution < 1.29 is 9.53 Å². The summed E-state index contributed by atoms with van der Waals surface area (Å²) in [5, 5.41) is 0. The third-order valence-electron chi connectivity index (χ3n) is 2.81. The Morgan fingerprint density at radius 2 is 2.05 bits per heavy atom. The predicted octanol–water partition coefficient (Wildman–Crippen LogP) is 3.09. The summed E-state index contributed by atoms with van der Waals surface area (Å²) in [5.74, 6) is 0.701. The van der Waals surface area contributed by atoms with Gasteiger partial charge in [-0.1, -0.05) is 6.07 Å². The van der Waals surface area contributed by atoms with Crippen LogP contribution in [-0.4, -0.2) is 28.4 Å². The first-order valence-corrected chi connectivity index (χ1v) is 7.26. The fourth-order valence-electron chi connectivity index (χ4n) is 1.81. The second-order valence-corrected chi connectivity index (χ2v) is 4.76. The van der Waals surface area contributed by atoms with E-state index in [-0.39, 0.29) is 5.91 Å². The van der Waals surface area contributed by atoms with E-state index in [2.05, 4.69) is 20.9 Å². The molecule has 0 aliphatic carbocycles. The Kier molecular flexibility index (Phi) is 5.12. The molecule has 5 heteroatoms. The average Bonchev–Trinajstić information content (AvgIpc) is 2.48. The van der Waals surface area contributed by atoms with E-state index in [1.54, 1.807) is 48.6 Å². The lowest BCUT2D eigenvalue weighted by Gasteiger charge is -2.17. The van der Waals surface area contributed by atoms with Crippen molar-refractivity contribution in [2.45, 2.75) is 6.54 Å². The fraction of sp³-hybridized carbons (Fsp3) is 0.200. The Morgan fingerprint density at radius 1 is 1.30 bits per heavy atom. The number of aromatic nitrogens is 1. The van der Waals surface area contributed by atoms with Crippen molar-refractivity contribution in [3.05, 3.63) is 59.9 Å². The van der Waals surface area contributed by atoms with Gasteiger partial charge in [-0.15, -0.1) is 0 Å². The van der Waals surface area contributed by atoms with Gasteiger partial charge in [0.15, 0.2) is 0 Å². The Hall–Kier alpha value is -1.88. The molecule has 0 aliphatic rings. The van der Waals surface area contributed by atoms with Crippen LogP contribution < -0.4 is 4.74 Å². The van der Waals surface area contributed by atoms with Crippen LogP contribution in [0.2, 0.25) is 0 Å². The van der Waals surface area contributed by atoms with Crippen LogP contribution in [0.15, 0.2) is 48.8 Å². The molecule has 1 amide bonds. The first-order chi connectivity index (χ1) is 9.70. The number of amides is 1. The summed E-state index contributed by atoms with van der Waals surface area (Å²) in [7, 11) is 1.78. The van der Waals surface area contributed by atoms with E-state index in [0.717, 1.165) is 11.3 Å². The Balaban J connectivity index is 2.03. The van der Waals surface area contributed by atoms with Gasteiger partial charge >= 0.3 is 0 Å². The van der Waals surface area contributed by atoms with Crippen LogP contribution in [0.5, 0.6) is 5.75 Å². The van der Waals surface area contributed by atoms with E-state index in [1.165, 1.54) is 0 Å². The summed E-state index contributed by atoms with van der Waals surface area (Å²) in [6.45, 7) is 0.534. The SMILES string of the molecule is CN(Cc1cccnc1)C(=O)c1ccc(OCBr)cc1. The summed E-state index contributed by atoms with van der Waals surface area (Å²) in [5.41, 5.74) is 2.07. The maximum Gasteiger partial charge on any atom is 0.253 e. The zero-order valence-corrected chi connectivity index (χ0v) is 12.7. The molecule has 0 saturated carbocycles. The molecule has 2 aromatic rings. The number of halogens is 1. The smallest absolute Gasteiger partial charge is 0.253 e. The zero-order valence-electron chi connectivity index (χ0n) is 11.1. The van der Waals surface area contributed by atoms with E-state index >= 15 is 0 Å². The first kappa shape index (κ1) is 14.5. The third-order valence-corrected chi connectivity index (χ3v) is 3.04. The minimum atomic E-state index is -0.0285. The van der Waals surface area contributed by atoms with Crippen LogP contribution in [0.4, 0.5) is 0 Å². The second-order valence-electron chi connectivity index (χ2n) is 4.30. The van der Waals surface area contributed by atoms with Gasteiger partial charge in [-0.2, -0.15) is 0 Å². The molecule has 0 fully saturated rings. The summed E-state index contributed by atoms with van der Waals surface area (Å²) >= 11 is 3.19. The third kappa shape index (κ3) is 3.81. The molecule has 0 unspecified atom stereocenters. The van der Waals surface area contributed by atoms with E-state index < -0.39 is 0 Å². The van der Waals surface area contributed by atoms with Crippen molar-refractivity contribution in [1.82, 2.24) is 9.88 Å². The fourth-order valence-corrected chi connectivity index (χ4v) is 2.08. The quantitative estimate of drug-likeness (QED) is 0.789. The molecule has 0 radical (unpaired) electrons. The monoisotopic (exact) mass is 334 g/mol. The number of benzene rings is 1. The van der Waals surface area contributed by atoms with Crippen molar-refractivity contribution in [1.29, 1.82) is 0 Å². The summed E-state index contributed by atoms with van der Waals surface area (Å²) in [4.78, 5) is 18.0. The predicted molar refractivity (Wildman–Crippen MR) is 80.9 cm³/mol. The molecule has 20 heavy (non-hydrogen) atoms.